The van der Waals surface area contributed by atoms with Gasteiger partial charge in [0, 0.05) is 24.5 Å². The first-order valence-corrected chi connectivity index (χ1v) is 11.7. The Hall–Kier alpha value is -3.71. The second-order valence-electron chi connectivity index (χ2n) is 9.80. The molecule has 0 atom stereocenters. The quantitative estimate of drug-likeness (QED) is 0.364. The van der Waals surface area contributed by atoms with Gasteiger partial charge in [-0.3, -0.25) is 14.6 Å². The van der Waals surface area contributed by atoms with Crippen LogP contribution in [0.1, 0.15) is 48.7 Å². The number of aromatic nitrogens is 3. The zero-order chi connectivity index (χ0) is 25.2. The smallest absolute Gasteiger partial charge is 0.257 e. The number of pyridine rings is 1. The van der Waals surface area contributed by atoms with Crippen LogP contribution < -0.4 is 10.6 Å². The topological polar surface area (TPSA) is 88.9 Å². The minimum absolute atomic E-state index is 0.0362. The summed E-state index contributed by atoms with van der Waals surface area (Å²) < 4.78 is 1.79. The highest BCUT2D eigenvalue weighted by atomic mass is 35.5. The SMILES string of the molecule is Cc1cncc(-n2ncc3c(NC(=O)c4cc(CNC(=O)CC(C)(C)C)ccc4Cl)cccc32)c1. The maximum atomic E-state index is 13.2. The van der Waals surface area contributed by atoms with Crippen molar-refractivity contribution < 1.29 is 9.59 Å². The number of hydrogen-bond acceptors (Lipinski definition) is 4. The van der Waals surface area contributed by atoms with Crippen LogP contribution in [0.2, 0.25) is 5.02 Å². The Morgan fingerprint density at radius 1 is 1.06 bits per heavy atom. The second kappa shape index (κ2) is 9.88. The molecule has 2 amide bonds. The van der Waals surface area contributed by atoms with Crippen LogP contribution in [0.4, 0.5) is 5.69 Å². The normalized spacial score (nSPS) is 11.5. The summed E-state index contributed by atoms with van der Waals surface area (Å²) in [5, 5.41) is 11.5. The van der Waals surface area contributed by atoms with Crippen molar-refractivity contribution in [3.8, 4) is 5.69 Å². The molecule has 0 radical (unpaired) electrons. The number of nitrogens with one attached hydrogen (secondary N) is 2. The summed E-state index contributed by atoms with van der Waals surface area (Å²) in [6.45, 7) is 8.33. The average molecular weight is 490 g/mol. The fourth-order valence-electron chi connectivity index (χ4n) is 3.81. The molecule has 0 saturated carbocycles. The number of amides is 2. The lowest BCUT2D eigenvalue weighted by molar-refractivity contribution is -0.122. The van der Waals surface area contributed by atoms with Gasteiger partial charge < -0.3 is 10.6 Å². The molecule has 180 valence electrons. The van der Waals surface area contributed by atoms with Gasteiger partial charge in [0.1, 0.15) is 0 Å². The van der Waals surface area contributed by atoms with E-state index in [0.29, 0.717) is 29.2 Å². The summed E-state index contributed by atoms with van der Waals surface area (Å²) in [6.07, 6.45) is 5.67. The van der Waals surface area contributed by atoms with Gasteiger partial charge in [-0.05, 0) is 53.8 Å². The lowest BCUT2D eigenvalue weighted by atomic mass is 9.92. The molecule has 0 aliphatic carbocycles. The number of hydrogen-bond donors (Lipinski definition) is 2. The highest BCUT2D eigenvalue weighted by Crippen LogP contribution is 2.27. The third-order valence-corrected chi connectivity index (χ3v) is 5.75. The molecule has 0 aliphatic rings. The minimum atomic E-state index is -0.338. The van der Waals surface area contributed by atoms with Crippen molar-refractivity contribution >= 4 is 40.0 Å². The standard InChI is InChI=1S/C27H28ClN5O2/c1-17-10-19(15-29-13-17)33-24-7-5-6-23(21(24)16-31-33)32-26(35)20-11-18(8-9-22(20)28)14-30-25(34)12-27(2,3)4/h5-11,13,15-16H,12,14H2,1-4H3,(H,30,34)(H,32,35). The monoisotopic (exact) mass is 489 g/mol. The molecule has 4 aromatic rings. The number of benzene rings is 2. The van der Waals surface area contributed by atoms with Gasteiger partial charge in [0.25, 0.3) is 5.91 Å². The molecule has 2 aromatic heterocycles. The Labute approximate surface area is 209 Å². The number of carbonyl (C=O) groups is 2. The van der Waals surface area contributed by atoms with E-state index >= 15 is 0 Å². The molecular formula is C27H28ClN5O2. The van der Waals surface area contributed by atoms with E-state index in [-0.39, 0.29) is 17.2 Å². The van der Waals surface area contributed by atoms with E-state index in [1.54, 1.807) is 41.5 Å². The first-order valence-electron chi connectivity index (χ1n) is 11.4. The summed E-state index contributed by atoms with van der Waals surface area (Å²) in [6, 6.07) is 12.8. The number of halogens is 1. The number of aryl methyl sites for hydroxylation is 1. The number of nitrogens with zero attached hydrogens (tertiary/aromatic N) is 3. The van der Waals surface area contributed by atoms with E-state index < -0.39 is 0 Å². The summed E-state index contributed by atoms with van der Waals surface area (Å²) >= 11 is 6.35. The van der Waals surface area contributed by atoms with Crippen molar-refractivity contribution in [3.05, 3.63) is 82.8 Å². The molecule has 0 unspecified atom stereocenters. The Bertz CT molecular complexity index is 1400. The first kappa shape index (κ1) is 24.4. The van der Waals surface area contributed by atoms with Crippen molar-refractivity contribution in [3.63, 3.8) is 0 Å². The van der Waals surface area contributed by atoms with Crippen LogP contribution in [0, 0.1) is 12.3 Å². The van der Waals surface area contributed by atoms with Crippen LogP contribution in [-0.2, 0) is 11.3 Å². The fourth-order valence-corrected chi connectivity index (χ4v) is 4.01. The van der Waals surface area contributed by atoms with E-state index in [1.807, 2.05) is 52.0 Å². The van der Waals surface area contributed by atoms with Crippen molar-refractivity contribution in [2.75, 3.05) is 5.32 Å². The van der Waals surface area contributed by atoms with Gasteiger partial charge in [-0.25, -0.2) is 4.68 Å². The van der Waals surface area contributed by atoms with Gasteiger partial charge in [0.05, 0.1) is 39.9 Å². The zero-order valence-electron chi connectivity index (χ0n) is 20.2. The molecule has 4 rings (SSSR count). The van der Waals surface area contributed by atoms with E-state index in [4.69, 9.17) is 11.6 Å². The maximum Gasteiger partial charge on any atom is 0.257 e. The lowest BCUT2D eigenvalue weighted by Gasteiger charge is -2.17. The summed E-state index contributed by atoms with van der Waals surface area (Å²) in [4.78, 5) is 29.6. The lowest BCUT2D eigenvalue weighted by Crippen LogP contribution is -2.27. The van der Waals surface area contributed by atoms with Crippen molar-refractivity contribution in [1.29, 1.82) is 0 Å². The van der Waals surface area contributed by atoms with Crippen LogP contribution in [0.5, 0.6) is 0 Å². The predicted molar refractivity (Wildman–Crippen MR) is 139 cm³/mol. The minimum Gasteiger partial charge on any atom is -0.352 e. The number of fused-ring (bicyclic) bond motifs is 1. The predicted octanol–water partition coefficient (Wildman–Crippen LogP) is 5.69. The maximum absolute atomic E-state index is 13.2. The molecule has 8 heteroatoms. The molecule has 0 spiro atoms. The summed E-state index contributed by atoms with van der Waals surface area (Å²) in [7, 11) is 0. The van der Waals surface area contributed by atoms with Gasteiger partial charge in [0.15, 0.2) is 0 Å². The van der Waals surface area contributed by atoms with Crippen LogP contribution in [0.25, 0.3) is 16.6 Å². The molecule has 2 N–H and O–H groups in total. The number of anilines is 1. The average Bonchev–Trinajstić information content (AvgIpc) is 3.22. The van der Waals surface area contributed by atoms with E-state index in [9.17, 15) is 9.59 Å². The Morgan fingerprint density at radius 3 is 2.60 bits per heavy atom. The molecule has 0 bridgehead atoms. The van der Waals surface area contributed by atoms with Gasteiger partial charge >= 0.3 is 0 Å². The van der Waals surface area contributed by atoms with Crippen LogP contribution in [0.15, 0.2) is 61.1 Å². The highest BCUT2D eigenvalue weighted by molar-refractivity contribution is 6.34. The Morgan fingerprint density at radius 2 is 1.86 bits per heavy atom. The van der Waals surface area contributed by atoms with Gasteiger partial charge in [-0.2, -0.15) is 5.10 Å². The Kier molecular flexibility index (Phi) is 6.89. The zero-order valence-corrected chi connectivity index (χ0v) is 21.0. The van der Waals surface area contributed by atoms with Crippen molar-refractivity contribution in [2.45, 2.75) is 40.7 Å². The summed E-state index contributed by atoms with van der Waals surface area (Å²) in [5.41, 5.74) is 4.37. The van der Waals surface area contributed by atoms with Crippen LogP contribution in [-0.4, -0.2) is 26.6 Å². The molecule has 0 aliphatic heterocycles. The van der Waals surface area contributed by atoms with Crippen molar-refractivity contribution in [2.24, 2.45) is 5.41 Å². The van der Waals surface area contributed by atoms with Gasteiger partial charge in [0.2, 0.25) is 5.91 Å². The number of rotatable bonds is 6. The van der Waals surface area contributed by atoms with Crippen molar-refractivity contribution in [1.82, 2.24) is 20.1 Å². The first-order chi connectivity index (χ1) is 16.6. The molecule has 0 saturated heterocycles. The molecular weight excluding hydrogens is 462 g/mol. The van der Waals surface area contributed by atoms with E-state index in [1.165, 1.54) is 0 Å². The van der Waals surface area contributed by atoms with E-state index in [0.717, 1.165) is 27.7 Å². The highest BCUT2D eigenvalue weighted by Gasteiger charge is 2.17. The fraction of sp³-hybridized carbons (Fsp3) is 0.259. The largest absolute Gasteiger partial charge is 0.352 e. The molecule has 0 fully saturated rings. The van der Waals surface area contributed by atoms with Crippen LogP contribution >= 0.6 is 11.6 Å². The Balaban J connectivity index is 1.54. The second-order valence-corrected chi connectivity index (χ2v) is 10.2. The molecule has 2 aromatic carbocycles. The van der Waals surface area contributed by atoms with Gasteiger partial charge in [-0.15, -0.1) is 0 Å². The third-order valence-electron chi connectivity index (χ3n) is 5.42. The number of carbonyl (C=O) groups excluding carboxylic acids is 2. The molecule has 35 heavy (non-hydrogen) atoms. The third kappa shape index (κ3) is 5.87. The van der Waals surface area contributed by atoms with Crippen LogP contribution in [0.3, 0.4) is 0 Å². The van der Waals surface area contributed by atoms with Gasteiger partial charge in [-0.1, -0.05) is 44.5 Å². The molecule has 2 heterocycles. The summed E-state index contributed by atoms with van der Waals surface area (Å²) in [5.74, 6) is -0.374. The van der Waals surface area contributed by atoms with E-state index in [2.05, 4.69) is 20.7 Å². The molecule has 7 nitrogen and oxygen atoms in total.